The van der Waals surface area contributed by atoms with Gasteiger partial charge in [-0.15, -0.1) is 0 Å². The van der Waals surface area contributed by atoms with Crippen LogP contribution in [0.5, 0.6) is 0 Å². The van der Waals surface area contributed by atoms with Gasteiger partial charge in [-0.1, -0.05) is 38.2 Å². The molecule has 0 rings (SSSR count). The first-order valence-corrected chi connectivity index (χ1v) is 4.81. The van der Waals surface area contributed by atoms with Gasteiger partial charge in [0.05, 0.1) is 0 Å². The normalized spacial score (nSPS) is 9.73. The van der Waals surface area contributed by atoms with Gasteiger partial charge in [0.25, 0.3) is 0 Å². The molecule has 0 aromatic heterocycles. The van der Waals surface area contributed by atoms with Gasteiger partial charge in [-0.2, -0.15) is 0 Å². The molecule has 0 atom stereocenters. The van der Waals surface area contributed by atoms with E-state index in [1.54, 1.807) is 0 Å². The Morgan fingerprint density at radius 2 is 1.64 bits per heavy atom. The van der Waals surface area contributed by atoms with Gasteiger partial charge in [-0.25, -0.2) is 0 Å². The van der Waals surface area contributed by atoms with Gasteiger partial charge in [0, 0.05) is 0 Å². The van der Waals surface area contributed by atoms with E-state index in [0.29, 0.717) is 0 Å². The third-order valence-electron chi connectivity index (χ3n) is 1.76. The molecule has 0 N–H and O–H groups in total. The van der Waals surface area contributed by atoms with Crippen molar-refractivity contribution in [3.05, 3.63) is 11.6 Å². The molecule has 0 aliphatic heterocycles. The maximum Gasteiger partial charge on any atom is -0.0277 e. The lowest BCUT2D eigenvalue weighted by atomic mass is 10.1. The molecule has 11 heavy (non-hydrogen) atoms. The third-order valence-corrected chi connectivity index (χ3v) is 1.76. The van der Waals surface area contributed by atoms with Gasteiger partial charge in [0.15, 0.2) is 0 Å². The summed E-state index contributed by atoms with van der Waals surface area (Å²) in [7, 11) is 0. The molecule has 0 aliphatic rings. The maximum atomic E-state index is 3.34. The molecule has 0 bridgehead atoms. The molecular weight excluding hydrogens is 132 g/mol. The average molecular weight is 153 g/mol. The van der Waals surface area contributed by atoms with Crippen LogP contribution in [0, 0.1) is 6.08 Å². The number of rotatable bonds is 6. The fourth-order valence-corrected chi connectivity index (χ4v) is 1.07. The van der Waals surface area contributed by atoms with E-state index in [9.17, 15) is 0 Å². The smallest absolute Gasteiger partial charge is 0.0277 e. The van der Waals surface area contributed by atoms with E-state index in [1.165, 1.54) is 37.7 Å². The summed E-state index contributed by atoms with van der Waals surface area (Å²) in [5.41, 5.74) is 1.33. The van der Waals surface area contributed by atoms with Gasteiger partial charge in [0.1, 0.15) is 0 Å². The Hall–Kier alpha value is -0.260. The van der Waals surface area contributed by atoms with Crippen molar-refractivity contribution in [2.45, 2.75) is 59.3 Å². The van der Waals surface area contributed by atoms with Gasteiger partial charge < -0.3 is 0 Å². The molecular formula is C11H21. The summed E-state index contributed by atoms with van der Waals surface area (Å²) in [4.78, 5) is 0. The minimum Gasteiger partial charge on any atom is -0.0730 e. The molecule has 0 fully saturated rings. The van der Waals surface area contributed by atoms with Gasteiger partial charge in [-0.3, -0.25) is 0 Å². The predicted molar refractivity (Wildman–Crippen MR) is 51.5 cm³/mol. The van der Waals surface area contributed by atoms with E-state index >= 15 is 0 Å². The van der Waals surface area contributed by atoms with Crippen molar-refractivity contribution in [3.63, 3.8) is 0 Å². The minimum atomic E-state index is 1.16. The summed E-state index contributed by atoms with van der Waals surface area (Å²) >= 11 is 0. The van der Waals surface area contributed by atoms with E-state index in [-0.39, 0.29) is 0 Å². The Kier molecular flexibility index (Phi) is 7.66. The van der Waals surface area contributed by atoms with Crippen molar-refractivity contribution in [1.82, 2.24) is 0 Å². The Balaban J connectivity index is 2.97. The molecule has 1 radical (unpaired) electrons. The molecule has 0 aliphatic carbocycles. The van der Waals surface area contributed by atoms with Crippen molar-refractivity contribution in [2.24, 2.45) is 0 Å². The molecule has 0 amide bonds. The second-order valence-electron chi connectivity index (χ2n) is 3.34. The monoisotopic (exact) mass is 153 g/mol. The van der Waals surface area contributed by atoms with Gasteiger partial charge >= 0.3 is 0 Å². The second kappa shape index (κ2) is 7.84. The van der Waals surface area contributed by atoms with Crippen LogP contribution in [0.4, 0.5) is 0 Å². The molecule has 0 spiro atoms. The summed E-state index contributed by atoms with van der Waals surface area (Å²) in [6.45, 7) is 6.49. The van der Waals surface area contributed by atoms with Crippen LogP contribution in [0.3, 0.4) is 0 Å². The standard InChI is InChI=1S/C11H21/c1-4-5-6-7-8-9-10-11(2)3/h4-9H2,1-3H3. The van der Waals surface area contributed by atoms with Crippen molar-refractivity contribution in [3.8, 4) is 0 Å². The Labute approximate surface area is 71.7 Å². The number of hydrogen-bond acceptors (Lipinski definition) is 0. The molecule has 0 heterocycles. The fourth-order valence-electron chi connectivity index (χ4n) is 1.07. The van der Waals surface area contributed by atoms with Crippen molar-refractivity contribution >= 4 is 0 Å². The SMILES string of the molecule is CCCCCCC[C]=C(C)C. The molecule has 0 aromatic rings. The Morgan fingerprint density at radius 3 is 2.18 bits per heavy atom. The van der Waals surface area contributed by atoms with Crippen molar-refractivity contribution in [1.29, 1.82) is 0 Å². The van der Waals surface area contributed by atoms with Crippen LogP contribution in [-0.2, 0) is 0 Å². The first-order valence-electron chi connectivity index (χ1n) is 4.81. The van der Waals surface area contributed by atoms with Crippen LogP contribution in [0.25, 0.3) is 0 Å². The number of hydrogen-bond donors (Lipinski definition) is 0. The molecule has 0 saturated heterocycles. The molecule has 0 nitrogen and oxygen atoms in total. The lowest BCUT2D eigenvalue weighted by molar-refractivity contribution is 0.633. The van der Waals surface area contributed by atoms with Crippen LogP contribution >= 0.6 is 0 Å². The zero-order chi connectivity index (χ0) is 8.53. The molecule has 0 aromatic carbocycles. The second-order valence-corrected chi connectivity index (χ2v) is 3.34. The van der Waals surface area contributed by atoms with E-state index in [1.807, 2.05) is 0 Å². The zero-order valence-electron chi connectivity index (χ0n) is 8.24. The summed E-state index contributed by atoms with van der Waals surface area (Å²) in [6, 6.07) is 0. The van der Waals surface area contributed by atoms with E-state index in [4.69, 9.17) is 0 Å². The Bertz CT molecular complexity index is 96.6. The highest BCUT2D eigenvalue weighted by Crippen LogP contribution is 2.05. The highest BCUT2D eigenvalue weighted by molar-refractivity contribution is 4.85. The summed E-state index contributed by atoms with van der Waals surface area (Å²) in [5, 5.41) is 0. The summed E-state index contributed by atoms with van der Waals surface area (Å²) in [6.07, 6.45) is 11.3. The Morgan fingerprint density at radius 1 is 1.00 bits per heavy atom. The molecule has 65 valence electrons. The predicted octanol–water partition coefficient (Wildman–Crippen LogP) is 4.12. The van der Waals surface area contributed by atoms with Crippen LogP contribution in [-0.4, -0.2) is 0 Å². The van der Waals surface area contributed by atoms with Crippen LogP contribution in [0.15, 0.2) is 5.57 Å². The van der Waals surface area contributed by atoms with Crippen LogP contribution in [0.1, 0.15) is 59.3 Å². The van der Waals surface area contributed by atoms with Gasteiger partial charge in [0.2, 0.25) is 0 Å². The van der Waals surface area contributed by atoms with Crippen molar-refractivity contribution in [2.75, 3.05) is 0 Å². The zero-order valence-corrected chi connectivity index (χ0v) is 8.24. The van der Waals surface area contributed by atoms with E-state index in [2.05, 4.69) is 26.8 Å². The summed E-state index contributed by atoms with van der Waals surface area (Å²) in [5.74, 6) is 0. The first kappa shape index (κ1) is 10.7. The topological polar surface area (TPSA) is 0 Å². The van der Waals surface area contributed by atoms with Crippen molar-refractivity contribution < 1.29 is 0 Å². The number of unbranched alkanes of at least 4 members (excludes halogenated alkanes) is 5. The average Bonchev–Trinajstić information content (AvgIpc) is 1.96. The van der Waals surface area contributed by atoms with Crippen LogP contribution < -0.4 is 0 Å². The highest BCUT2D eigenvalue weighted by atomic mass is 13.9. The first-order chi connectivity index (χ1) is 5.27. The highest BCUT2D eigenvalue weighted by Gasteiger charge is 1.86. The fraction of sp³-hybridized carbons (Fsp3) is 0.818. The maximum absolute atomic E-state index is 3.34. The third kappa shape index (κ3) is 9.74. The minimum absolute atomic E-state index is 1.16. The summed E-state index contributed by atoms with van der Waals surface area (Å²) < 4.78 is 0. The number of allylic oxidation sites excluding steroid dienone is 2. The van der Waals surface area contributed by atoms with E-state index in [0.717, 1.165) is 6.42 Å². The largest absolute Gasteiger partial charge is 0.0730 e. The molecule has 0 saturated carbocycles. The lowest BCUT2D eigenvalue weighted by Gasteiger charge is -1.96. The quantitative estimate of drug-likeness (QED) is 0.504. The van der Waals surface area contributed by atoms with Crippen LogP contribution in [0.2, 0.25) is 0 Å². The molecule has 0 heteroatoms. The van der Waals surface area contributed by atoms with E-state index < -0.39 is 0 Å². The molecule has 0 unspecified atom stereocenters. The lowest BCUT2D eigenvalue weighted by Crippen LogP contribution is -1.77. The van der Waals surface area contributed by atoms with Gasteiger partial charge in [-0.05, 0) is 32.8 Å².